The van der Waals surface area contributed by atoms with Crippen molar-refractivity contribution in [1.29, 1.82) is 0 Å². The van der Waals surface area contributed by atoms with E-state index in [9.17, 15) is 4.79 Å². The average molecular weight is 289 g/mol. The summed E-state index contributed by atoms with van der Waals surface area (Å²) in [5.74, 6) is 2.03. The minimum absolute atomic E-state index is 0.0994. The highest BCUT2D eigenvalue weighted by molar-refractivity contribution is 5.93. The van der Waals surface area contributed by atoms with Gasteiger partial charge < -0.3 is 15.2 Å². The lowest BCUT2D eigenvalue weighted by Crippen LogP contribution is -2.32. The molecule has 0 aliphatic heterocycles. The van der Waals surface area contributed by atoms with Crippen molar-refractivity contribution in [1.82, 2.24) is 20.4 Å². The van der Waals surface area contributed by atoms with E-state index in [1.54, 1.807) is 26.0 Å². The number of aryl methyl sites for hydroxylation is 2. The summed E-state index contributed by atoms with van der Waals surface area (Å²) in [5.41, 5.74) is 0.325. The monoisotopic (exact) mass is 289 g/mol. The Morgan fingerprint density at radius 2 is 2.05 bits per heavy atom. The highest BCUT2D eigenvalue weighted by atomic mass is 16.5. The topological polar surface area (TPSA) is 92.9 Å². The number of hydrogen-bond donors (Lipinski definition) is 2. The van der Waals surface area contributed by atoms with Gasteiger partial charge in [0, 0.05) is 18.2 Å². The number of hydrogen-bond acceptors (Lipinski definition) is 6. The van der Waals surface area contributed by atoms with Crippen LogP contribution in [0.2, 0.25) is 0 Å². The molecule has 0 spiro atoms. The second-order valence-corrected chi connectivity index (χ2v) is 4.92. The standard InChI is InChI=1S/C14H19N5O2/c1-5-8(2)15-14(20)11-7-12(17-10(4)16-11)18-13-6-9(3)21-19-13/h6-8H,5H2,1-4H3,(H,15,20)(H,16,17,18,19). The summed E-state index contributed by atoms with van der Waals surface area (Å²) < 4.78 is 4.98. The number of carbonyl (C=O) groups excluding carboxylic acids is 1. The smallest absolute Gasteiger partial charge is 0.270 e. The number of carbonyl (C=O) groups is 1. The lowest BCUT2D eigenvalue weighted by Gasteiger charge is -2.11. The Bertz CT molecular complexity index is 638. The van der Waals surface area contributed by atoms with Crippen LogP contribution >= 0.6 is 0 Å². The third-order valence-corrected chi connectivity index (χ3v) is 2.94. The lowest BCUT2D eigenvalue weighted by molar-refractivity contribution is 0.0934. The minimum atomic E-state index is -0.214. The second-order valence-electron chi connectivity index (χ2n) is 4.92. The first-order valence-electron chi connectivity index (χ1n) is 6.84. The van der Waals surface area contributed by atoms with Gasteiger partial charge in [-0.2, -0.15) is 0 Å². The molecular weight excluding hydrogens is 270 g/mol. The van der Waals surface area contributed by atoms with Crippen molar-refractivity contribution in [3.05, 3.63) is 29.4 Å². The summed E-state index contributed by atoms with van der Waals surface area (Å²) in [5, 5.41) is 9.70. The van der Waals surface area contributed by atoms with E-state index in [0.29, 0.717) is 28.9 Å². The van der Waals surface area contributed by atoms with Crippen LogP contribution in [0.3, 0.4) is 0 Å². The van der Waals surface area contributed by atoms with E-state index in [1.165, 1.54) is 0 Å². The Morgan fingerprint density at radius 3 is 2.67 bits per heavy atom. The van der Waals surface area contributed by atoms with Crippen molar-refractivity contribution in [3.63, 3.8) is 0 Å². The summed E-state index contributed by atoms with van der Waals surface area (Å²) in [7, 11) is 0. The fourth-order valence-corrected chi connectivity index (χ4v) is 1.70. The molecule has 0 saturated heterocycles. The van der Waals surface area contributed by atoms with Crippen molar-refractivity contribution < 1.29 is 9.32 Å². The zero-order chi connectivity index (χ0) is 15.4. The van der Waals surface area contributed by atoms with Crippen LogP contribution in [0.5, 0.6) is 0 Å². The Kier molecular flexibility index (Phi) is 4.52. The molecule has 0 radical (unpaired) electrons. The van der Waals surface area contributed by atoms with Crippen molar-refractivity contribution in [2.24, 2.45) is 0 Å². The molecule has 21 heavy (non-hydrogen) atoms. The maximum Gasteiger partial charge on any atom is 0.270 e. The van der Waals surface area contributed by atoms with Gasteiger partial charge in [-0.05, 0) is 27.2 Å². The van der Waals surface area contributed by atoms with E-state index in [1.807, 2.05) is 13.8 Å². The molecule has 2 rings (SSSR count). The maximum atomic E-state index is 12.1. The predicted molar refractivity (Wildman–Crippen MR) is 78.5 cm³/mol. The van der Waals surface area contributed by atoms with Crippen LogP contribution in [-0.2, 0) is 0 Å². The van der Waals surface area contributed by atoms with Crippen LogP contribution < -0.4 is 10.6 Å². The maximum absolute atomic E-state index is 12.1. The summed E-state index contributed by atoms with van der Waals surface area (Å²) in [6.07, 6.45) is 0.860. The molecule has 2 N–H and O–H groups in total. The normalized spacial score (nSPS) is 12.0. The summed E-state index contributed by atoms with van der Waals surface area (Å²) >= 11 is 0. The SMILES string of the molecule is CCC(C)NC(=O)c1cc(Nc2cc(C)on2)nc(C)n1. The molecular formula is C14H19N5O2. The minimum Gasteiger partial charge on any atom is -0.360 e. The van der Waals surface area contributed by atoms with E-state index in [0.717, 1.165) is 6.42 Å². The third kappa shape index (κ3) is 4.01. The fourth-order valence-electron chi connectivity index (χ4n) is 1.70. The average Bonchev–Trinajstić information content (AvgIpc) is 2.83. The zero-order valence-electron chi connectivity index (χ0n) is 12.6. The van der Waals surface area contributed by atoms with Gasteiger partial charge in [-0.15, -0.1) is 0 Å². The van der Waals surface area contributed by atoms with Crippen LogP contribution in [0.1, 0.15) is 42.3 Å². The molecule has 112 valence electrons. The van der Waals surface area contributed by atoms with Gasteiger partial charge >= 0.3 is 0 Å². The molecule has 7 heteroatoms. The van der Waals surface area contributed by atoms with Gasteiger partial charge in [-0.3, -0.25) is 4.79 Å². The highest BCUT2D eigenvalue weighted by Crippen LogP contribution is 2.15. The molecule has 1 unspecified atom stereocenters. The molecule has 0 aliphatic rings. The first-order valence-corrected chi connectivity index (χ1v) is 6.84. The van der Waals surface area contributed by atoms with Crippen LogP contribution in [0.25, 0.3) is 0 Å². The second kappa shape index (κ2) is 6.34. The zero-order valence-corrected chi connectivity index (χ0v) is 12.6. The molecule has 1 atom stereocenters. The fraction of sp³-hybridized carbons (Fsp3) is 0.429. The van der Waals surface area contributed by atoms with E-state index in [-0.39, 0.29) is 11.9 Å². The Balaban J connectivity index is 2.18. The summed E-state index contributed by atoms with van der Waals surface area (Å²) in [6.45, 7) is 7.49. The van der Waals surface area contributed by atoms with E-state index in [4.69, 9.17) is 4.52 Å². The Labute approximate surface area is 123 Å². The molecule has 2 aromatic rings. The molecule has 0 saturated carbocycles. The molecule has 0 fully saturated rings. The van der Waals surface area contributed by atoms with Gasteiger partial charge in [-0.25, -0.2) is 9.97 Å². The van der Waals surface area contributed by atoms with Crippen LogP contribution in [0.15, 0.2) is 16.7 Å². The number of nitrogens with zero attached hydrogens (tertiary/aromatic N) is 3. The molecule has 2 heterocycles. The van der Waals surface area contributed by atoms with Gasteiger partial charge in [0.25, 0.3) is 5.91 Å². The van der Waals surface area contributed by atoms with Crippen molar-refractivity contribution in [2.45, 2.75) is 40.2 Å². The van der Waals surface area contributed by atoms with Crippen LogP contribution in [-0.4, -0.2) is 27.1 Å². The third-order valence-electron chi connectivity index (χ3n) is 2.94. The number of rotatable bonds is 5. The highest BCUT2D eigenvalue weighted by Gasteiger charge is 2.13. The predicted octanol–water partition coefficient (Wildman–Crippen LogP) is 2.35. The molecule has 2 aromatic heterocycles. The summed E-state index contributed by atoms with van der Waals surface area (Å²) in [6, 6.07) is 3.44. The van der Waals surface area contributed by atoms with Crippen LogP contribution in [0, 0.1) is 13.8 Å². The van der Waals surface area contributed by atoms with Gasteiger partial charge in [0.1, 0.15) is 23.1 Å². The first-order chi connectivity index (χ1) is 9.97. The van der Waals surface area contributed by atoms with E-state index in [2.05, 4.69) is 25.8 Å². The molecule has 7 nitrogen and oxygen atoms in total. The number of amides is 1. The molecule has 1 amide bonds. The lowest BCUT2D eigenvalue weighted by atomic mass is 10.2. The molecule has 0 aliphatic carbocycles. The summed E-state index contributed by atoms with van der Waals surface area (Å²) in [4.78, 5) is 20.5. The Morgan fingerprint density at radius 1 is 1.29 bits per heavy atom. The molecule has 0 aromatic carbocycles. The quantitative estimate of drug-likeness (QED) is 0.877. The first kappa shape index (κ1) is 15.0. The van der Waals surface area contributed by atoms with Crippen molar-refractivity contribution in [2.75, 3.05) is 5.32 Å². The van der Waals surface area contributed by atoms with Crippen LogP contribution in [0.4, 0.5) is 11.6 Å². The van der Waals surface area contributed by atoms with E-state index < -0.39 is 0 Å². The number of anilines is 2. The molecule has 0 bridgehead atoms. The Hall–Kier alpha value is -2.44. The van der Waals surface area contributed by atoms with Crippen molar-refractivity contribution in [3.8, 4) is 0 Å². The van der Waals surface area contributed by atoms with Gasteiger partial charge in [-0.1, -0.05) is 12.1 Å². The van der Waals surface area contributed by atoms with Crippen molar-refractivity contribution >= 4 is 17.5 Å². The number of nitrogens with one attached hydrogen (secondary N) is 2. The largest absolute Gasteiger partial charge is 0.360 e. The number of aromatic nitrogens is 3. The van der Waals surface area contributed by atoms with Gasteiger partial charge in [0.15, 0.2) is 5.82 Å². The van der Waals surface area contributed by atoms with Gasteiger partial charge in [0.2, 0.25) is 0 Å². The van der Waals surface area contributed by atoms with Gasteiger partial charge in [0.05, 0.1) is 0 Å². The van der Waals surface area contributed by atoms with E-state index >= 15 is 0 Å².